The lowest BCUT2D eigenvalue weighted by Crippen LogP contribution is -2.53. The second-order valence-electron chi connectivity index (χ2n) is 4.46. The maximum atomic E-state index is 12.0. The Morgan fingerprint density at radius 1 is 1.40 bits per heavy atom. The van der Waals surface area contributed by atoms with Crippen LogP contribution in [0.15, 0.2) is 33.4 Å². The highest BCUT2D eigenvalue weighted by molar-refractivity contribution is 5.93. The number of amides is 1. The van der Waals surface area contributed by atoms with Crippen molar-refractivity contribution < 1.29 is 23.9 Å². The lowest BCUT2D eigenvalue weighted by Gasteiger charge is -2.29. The number of aliphatic hydroxyl groups excluding tert-OH is 2. The van der Waals surface area contributed by atoms with Crippen molar-refractivity contribution in [2.24, 2.45) is 0 Å². The lowest BCUT2D eigenvalue weighted by atomic mass is 9.98. The number of nitrogens with one attached hydrogen (secondary N) is 1. The van der Waals surface area contributed by atoms with Gasteiger partial charge < -0.3 is 24.5 Å². The van der Waals surface area contributed by atoms with E-state index in [9.17, 15) is 15.0 Å². The predicted molar refractivity (Wildman–Crippen MR) is 68.9 cm³/mol. The lowest BCUT2D eigenvalue weighted by molar-refractivity contribution is 0.0646. The molecule has 20 heavy (non-hydrogen) atoms. The van der Waals surface area contributed by atoms with E-state index in [1.807, 2.05) is 0 Å². The van der Waals surface area contributed by atoms with Gasteiger partial charge in [0.2, 0.25) is 5.76 Å². The molecule has 2 heterocycles. The minimum Gasteiger partial charge on any atom is -0.461 e. The van der Waals surface area contributed by atoms with Crippen LogP contribution < -0.4 is 5.32 Å². The zero-order chi connectivity index (χ0) is 14.6. The molecule has 2 aromatic heterocycles. The number of nitrogens with zero attached hydrogens (tertiary/aromatic N) is 1. The quantitative estimate of drug-likeness (QED) is 0.722. The first-order valence-electron chi connectivity index (χ1n) is 6.19. The summed E-state index contributed by atoms with van der Waals surface area (Å²) in [4.78, 5) is 12.0. The fraction of sp³-hybridized carbons (Fsp3) is 0.385. The predicted octanol–water partition coefficient (Wildman–Crippen LogP) is 0.798. The topological polar surface area (TPSA) is 109 Å². The molecule has 0 aliphatic heterocycles. The first-order valence-corrected chi connectivity index (χ1v) is 6.19. The molecule has 0 aliphatic carbocycles. The molecule has 0 aromatic carbocycles. The molecule has 108 valence electrons. The number of furan rings is 1. The van der Waals surface area contributed by atoms with Crippen molar-refractivity contribution in [2.45, 2.75) is 18.9 Å². The van der Waals surface area contributed by atoms with Gasteiger partial charge in [0.05, 0.1) is 25.0 Å². The van der Waals surface area contributed by atoms with Crippen molar-refractivity contribution in [3.63, 3.8) is 0 Å². The Morgan fingerprint density at radius 3 is 2.70 bits per heavy atom. The first-order chi connectivity index (χ1) is 9.64. The van der Waals surface area contributed by atoms with Crippen LogP contribution in [0.3, 0.4) is 0 Å². The minimum atomic E-state index is -1.07. The van der Waals surface area contributed by atoms with Crippen LogP contribution in [0, 0.1) is 0 Å². The van der Waals surface area contributed by atoms with Gasteiger partial charge in [-0.3, -0.25) is 4.79 Å². The maximum Gasteiger partial charge on any atom is 0.274 e. The minimum absolute atomic E-state index is 0.0520. The second-order valence-corrected chi connectivity index (χ2v) is 4.46. The molecule has 2 rings (SSSR count). The number of aliphatic hydroxyl groups is 2. The van der Waals surface area contributed by atoms with Gasteiger partial charge in [0.15, 0.2) is 11.5 Å². The normalized spacial score (nSPS) is 11.6. The standard InChI is InChI=1S/C13H16N2O5/c1-2-13(7-16,8-17)14-12(18)9-6-11(20-15-9)10-4-3-5-19-10/h3-6,16-17H,2,7-8H2,1H3,(H,14,18). The second kappa shape index (κ2) is 5.89. The van der Waals surface area contributed by atoms with Gasteiger partial charge in [0.25, 0.3) is 5.91 Å². The summed E-state index contributed by atoms with van der Waals surface area (Å²) in [5, 5.41) is 24.8. The summed E-state index contributed by atoms with van der Waals surface area (Å²) in [5.74, 6) is 0.259. The van der Waals surface area contributed by atoms with Crippen LogP contribution >= 0.6 is 0 Å². The number of hydrogen-bond acceptors (Lipinski definition) is 6. The average molecular weight is 280 g/mol. The molecule has 7 heteroatoms. The SMILES string of the molecule is CCC(CO)(CO)NC(=O)c1cc(-c2ccco2)on1. The summed E-state index contributed by atoms with van der Waals surface area (Å²) in [7, 11) is 0. The zero-order valence-corrected chi connectivity index (χ0v) is 11.0. The molecule has 0 saturated carbocycles. The Kier molecular flexibility index (Phi) is 4.21. The van der Waals surface area contributed by atoms with E-state index in [2.05, 4.69) is 10.5 Å². The van der Waals surface area contributed by atoms with Crippen LogP contribution in [0.4, 0.5) is 0 Å². The van der Waals surface area contributed by atoms with Crippen molar-refractivity contribution in [1.29, 1.82) is 0 Å². The molecule has 0 saturated heterocycles. The number of rotatable bonds is 6. The number of hydrogen-bond donors (Lipinski definition) is 3. The van der Waals surface area contributed by atoms with Gasteiger partial charge in [-0.1, -0.05) is 12.1 Å². The highest BCUT2D eigenvalue weighted by atomic mass is 16.5. The van der Waals surface area contributed by atoms with Gasteiger partial charge >= 0.3 is 0 Å². The number of aromatic nitrogens is 1. The molecule has 0 atom stereocenters. The van der Waals surface area contributed by atoms with E-state index in [0.717, 1.165) is 0 Å². The third-order valence-corrected chi connectivity index (χ3v) is 3.17. The van der Waals surface area contributed by atoms with E-state index < -0.39 is 11.4 Å². The molecule has 7 nitrogen and oxygen atoms in total. The van der Waals surface area contributed by atoms with Gasteiger partial charge in [0.1, 0.15) is 0 Å². The Labute approximate surface area is 115 Å². The van der Waals surface area contributed by atoms with Crippen LogP contribution in [0.5, 0.6) is 0 Å². The van der Waals surface area contributed by atoms with E-state index in [4.69, 9.17) is 8.94 Å². The van der Waals surface area contributed by atoms with Crippen LogP contribution in [0.25, 0.3) is 11.5 Å². The molecule has 1 amide bonds. The third-order valence-electron chi connectivity index (χ3n) is 3.17. The van der Waals surface area contributed by atoms with Crippen molar-refractivity contribution >= 4 is 5.91 Å². The van der Waals surface area contributed by atoms with Gasteiger partial charge in [-0.05, 0) is 18.6 Å². The van der Waals surface area contributed by atoms with Gasteiger partial charge in [-0.2, -0.15) is 0 Å². The van der Waals surface area contributed by atoms with Gasteiger partial charge in [-0.25, -0.2) is 0 Å². The highest BCUT2D eigenvalue weighted by Gasteiger charge is 2.30. The van der Waals surface area contributed by atoms with E-state index >= 15 is 0 Å². The largest absolute Gasteiger partial charge is 0.461 e. The molecule has 0 aliphatic rings. The fourth-order valence-corrected chi connectivity index (χ4v) is 1.66. The van der Waals surface area contributed by atoms with Crippen molar-refractivity contribution in [2.75, 3.05) is 13.2 Å². The first kappa shape index (κ1) is 14.3. The molecule has 0 fully saturated rings. The summed E-state index contributed by atoms with van der Waals surface area (Å²) in [6, 6.07) is 4.81. The maximum absolute atomic E-state index is 12.0. The molecular formula is C13H16N2O5. The Bertz CT molecular complexity index is 549. The number of carbonyl (C=O) groups is 1. The molecule has 2 aromatic rings. The Balaban J connectivity index is 2.14. The van der Waals surface area contributed by atoms with Crippen molar-refractivity contribution in [3.05, 3.63) is 30.2 Å². The summed E-state index contributed by atoms with van der Waals surface area (Å²) in [6.45, 7) is 1.02. The molecule has 0 radical (unpaired) electrons. The third kappa shape index (κ3) is 2.73. The Hall–Kier alpha value is -2.12. The molecule has 0 spiro atoms. The molecule has 0 bridgehead atoms. The smallest absolute Gasteiger partial charge is 0.274 e. The van der Waals surface area contributed by atoms with E-state index in [-0.39, 0.29) is 18.9 Å². The molecular weight excluding hydrogens is 264 g/mol. The zero-order valence-electron chi connectivity index (χ0n) is 11.0. The van der Waals surface area contributed by atoms with Crippen LogP contribution in [-0.4, -0.2) is 40.0 Å². The average Bonchev–Trinajstić information content (AvgIpc) is 3.14. The summed E-state index contributed by atoms with van der Waals surface area (Å²) < 4.78 is 10.1. The monoisotopic (exact) mass is 280 g/mol. The van der Waals surface area contributed by atoms with E-state index in [1.165, 1.54) is 12.3 Å². The van der Waals surface area contributed by atoms with Crippen molar-refractivity contribution in [1.82, 2.24) is 10.5 Å². The van der Waals surface area contributed by atoms with Crippen molar-refractivity contribution in [3.8, 4) is 11.5 Å². The van der Waals surface area contributed by atoms with Crippen LogP contribution in [0.1, 0.15) is 23.8 Å². The van der Waals surface area contributed by atoms with Gasteiger partial charge in [-0.15, -0.1) is 0 Å². The number of carbonyl (C=O) groups excluding carboxylic acids is 1. The van der Waals surface area contributed by atoms with E-state index in [1.54, 1.807) is 19.1 Å². The van der Waals surface area contributed by atoms with Gasteiger partial charge in [0, 0.05) is 6.07 Å². The summed E-state index contributed by atoms with van der Waals surface area (Å²) in [6.07, 6.45) is 1.87. The van der Waals surface area contributed by atoms with E-state index in [0.29, 0.717) is 17.9 Å². The molecule has 0 unspecified atom stereocenters. The van der Waals surface area contributed by atoms with Crippen LogP contribution in [-0.2, 0) is 0 Å². The highest BCUT2D eigenvalue weighted by Crippen LogP contribution is 2.21. The molecule has 3 N–H and O–H groups in total. The Morgan fingerprint density at radius 2 is 2.15 bits per heavy atom. The summed E-state index contributed by atoms with van der Waals surface area (Å²) in [5.41, 5.74) is -1.02. The van der Waals surface area contributed by atoms with Crippen LogP contribution in [0.2, 0.25) is 0 Å². The summed E-state index contributed by atoms with van der Waals surface area (Å²) >= 11 is 0. The fourth-order valence-electron chi connectivity index (χ4n) is 1.66.